The van der Waals surface area contributed by atoms with Gasteiger partial charge in [0.2, 0.25) is 0 Å². The standard InChI is InChI=1S/C15H10F3N.CH4S/c16-15(17,18)14(19)10-5-6-13-11(8-10)7-9-3-1-2-4-12(9)13;1-2/h1-6,8,19H,7H2;2H,1H3. The van der Waals surface area contributed by atoms with Crippen molar-refractivity contribution in [2.75, 3.05) is 6.26 Å². The fourth-order valence-electron chi connectivity index (χ4n) is 2.46. The summed E-state index contributed by atoms with van der Waals surface area (Å²) >= 11 is 3.53. The van der Waals surface area contributed by atoms with E-state index >= 15 is 0 Å². The zero-order valence-electron chi connectivity index (χ0n) is 11.3. The predicted octanol–water partition coefficient (Wildman–Crippen LogP) is 4.73. The minimum Gasteiger partial charge on any atom is -0.296 e. The Morgan fingerprint density at radius 2 is 1.62 bits per heavy atom. The summed E-state index contributed by atoms with van der Waals surface area (Å²) in [6.45, 7) is 0. The normalized spacial score (nSPS) is 12.0. The van der Waals surface area contributed by atoms with E-state index in [1.54, 1.807) is 12.3 Å². The lowest BCUT2D eigenvalue weighted by molar-refractivity contribution is -0.0587. The Balaban J connectivity index is 0.000000774. The molecule has 0 heterocycles. The molecule has 0 unspecified atom stereocenters. The molecule has 1 N–H and O–H groups in total. The molecule has 5 heteroatoms. The molecule has 0 saturated carbocycles. The van der Waals surface area contributed by atoms with Crippen LogP contribution in [-0.4, -0.2) is 18.1 Å². The first-order valence-corrected chi connectivity index (χ1v) is 7.18. The van der Waals surface area contributed by atoms with Crippen LogP contribution in [0.3, 0.4) is 0 Å². The van der Waals surface area contributed by atoms with Crippen molar-refractivity contribution in [2.45, 2.75) is 12.6 Å². The average Bonchev–Trinajstić information content (AvgIpc) is 2.85. The summed E-state index contributed by atoms with van der Waals surface area (Å²) in [4.78, 5) is 0. The fraction of sp³-hybridized carbons (Fsp3) is 0.188. The summed E-state index contributed by atoms with van der Waals surface area (Å²) in [7, 11) is 0. The van der Waals surface area contributed by atoms with E-state index in [1.165, 1.54) is 12.1 Å². The Morgan fingerprint density at radius 1 is 1.00 bits per heavy atom. The third-order valence-corrected chi connectivity index (χ3v) is 3.37. The van der Waals surface area contributed by atoms with Crippen molar-refractivity contribution in [3.63, 3.8) is 0 Å². The van der Waals surface area contributed by atoms with Gasteiger partial charge in [-0.25, -0.2) is 0 Å². The molecule has 1 aliphatic rings. The SMILES string of the molecule is CS.N=C(c1ccc2c(c1)Cc1ccccc1-2)C(F)(F)F. The highest BCUT2D eigenvalue weighted by Crippen LogP contribution is 2.37. The van der Waals surface area contributed by atoms with Gasteiger partial charge in [-0.3, -0.25) is 5.41 Å². The van der Waals surface area contributed by atoms with Crippen LogP contribution in [0.2, 0.25) is 0 Å². The molecular weight excluding hydrogens is 295 g/mol. The number of alkyl halides is 3. The number of rotatable bonds is 1. The van der Waals surface area contributed by atoms with Crippen molar-refractivity contribution >= 4 is 18.3 Å². The van der Waals surface area contributed by atoms with E-state index in [9.17, 15) is 13.2 Å². The molecular formula is C16H14F3NS. The first-order chi connectivity index (χ1) is 9.97. The van der Waals surface area contributed by atoms with E-state index in [-0.39, 0.29) is 5.56 Å². The molecule has 0 bridgehead atoms. The van der Waals surface area contributed by atoms with Crippen molar-refractivity contribution in [3.8, 4) is 11.1 Å². The molecule has 0 radical (unpaired) electrons. The lowest BCUT2D eigenvalue weighted by atomic mass is 10.0. The van der Waals surface area contributed by atoms with Crippen LogP contribution in [-0.2, 0) is 6.42 Å². The molecule has 2 aromatic rings. The Labute approximate surface area is 126 Å². The van der Waals surface area contributed by atoms with E-state index in [4.69, 9.17) is 5.41 Å². The maximum Gasteiger partial charge on any atom is 0.433 e. The second-order valence-electron chi connectivity index (χ2n) is 4.58. The molecule has 0 fully saturated rings. The third kappa shape index (κ3) is 2.97. The summed E-state index contributed by atoms with van der Waals surface area (Å²) in [6, 6.07) is 12.3. The molecule has 3 rings (SSSR count). The number of thiol groups is 1. The topological polar surface area (TPSA) is 23.9 Å². The van der Waals surface area contributed by atoms with E-state index in [2.05, 4.69) is 12.6 Å². The highest BCUT2D eigenvalue weighted by molar-refractivity contribution is 7.79. The molecule has 0 aromatic heterocycles. The van der Waals surface area contributed by atoms with Crippen molar-refractivity contribution < 1.29 is 13.2 Å². The summed E-state index contributed by atoms with van der Waals surface area (Å²) in [5.41, 5.74) is 2.66. The molecule has 0 saturated heterocycles. The van der Waals surface area contributed by atoms with Gasteiger partial charge in [0.1, 0.15) is 5.71 Å². The molecule has 21 heavy (non-hydrogen) atoms. The van der Waals surface area contributed by atoms with Gasteiger partial charge in [-0.1, -0.05) is 36.4 Å². The summed E-state index contributed by atoms with van der Waals surface area (Å²) in [5, 5.41) is 7.18. The lowest BCUT2D eigenvalue weighted by Crippen LogP contribution is -2.22. The Hall–Kier alpha value is -1.75. The largest absolute Gasteiger partial charge is 0.433 e. The van der Waals surface area contributed by atoms with Gasteiger partial charge in [-0.2, -0.15) is 25.8 Å². The smallest absolute Gasteiger partial charge is 0.296 e. The molecule has 1 nitrogen and oxygen atoms in total. The minimum atomic E-state index is -4.60. The van der Waals surface area contributed by atoms with Gasteiger partial charge in [-0.05, 0) is 41.0 Å². The van der Waals surface area contributed by atoms with Crippen molar-refractivity contribution in [1.29, 1.82) is 5.41 Å². The molecule has 1 aliphatic carbocycles. The highest BCUT2D eigenvalue weighted by atomic mass is 32.1. The molecule has 0 amide bonds. The van der Waals surface area contributed by atoms with Crippen LogP contribution in [0.25, 0.3) is 11.1 Å². The van der Waals surface area contributed by atoms with Gasteiger partial charge < -0.3 is 0 Å². The van der Waals surface area contributed by atoms with Crippen LogP contribution in [0, 0.1) is 5.41 Å². The number of fused-ring (bicyclic) bond motifs is 3. The molecule has 0 atom stereocenters. The summed E-state index contributed by atoms with van der Waals surface area (Å²) in [5.74, 6) is 0. The Kier molecular flexibility index (Phi) is 4.42. The van der Waals surface area contributed by atoms with E-state index < -0.39 is 11.9 Å². The Morgan fingerprint density at radius 3 is 2.29 bits per heavy atom. The quantitative estimate of drug-likeness (QED) is 0.479. The van der Waals surface area contributed by atoms with E-state index in [1.807, 2.05) is 24.3 Å². The van der Waals surface area contributed by atoms with Gasteiger partial charge >= 0.3 is 6.18 Å². The maximum absolute atomic E-state index is 12.5. The number of benzene rings is 2. The second-order valence-corrected chi connectivity index (χ2v) is 4.58. The molecule has 0 spiro atoms. The average molecular weight is 309 g/mol. The number of hydrogen-bond acceptors (Lipinski definition) is 2. The van der Waals surface area contributed by atoms with Crippen LogP contribution < -0.4 is 0 Å². The van der Waals surface area contributed by atoms with Crippen LogP contribution in [0.5, 0.6) is 0 Å². The monoisotopic (exact) mass is 309 g/mol. The highest BCUT2D eigenvalue weighted by Gasteiger charge is 2.35. The number of halogens is 3. The fourth-order valence-corrected chi connectivity index (χ4v) is 2.46. The summed E-state index contributed by atoms with van der Waals surface area (Å²) in [6.07, 6.45) is -2.27. The Bertz CT molecular complexity index is 677. The zero-order valence-corrected chi connectivity index (χ0v) is 12.2. The third-order valence-electron chi connectivity index (χ3n) is 3.37. The first kappa shape index (κ1) is 15.6. The van der Waals surface area contributed by atoms with E-state index in [0.717, 1.165) is 22.3 Å². The predicted molar refractivity (Wildman–Crippen MR) is 82.5 cm³/mol. The van der Waals surface area contributed by atoms with Crippen LogP contribution in [0.15, 0.2) is 42.5 Å². The van der Waals surface area contributed by atoms with Gasteiger partial charge in [0.05, 0.1) is 0 Å². The number of hydrogen-bond donors (Lipinski definition) is 2. The lowest BCUT2D eigenvalue weighted by Gasteiger charge is -2.09. The van der Waals surface area contributed by atoms with Crippen LogP contribution in [0.4, 0.5) is 13.2 Å². The minimum absolute atomic E-state index is 0.0703. The zero-order chi connectivity index (χ0) is 15.6. The number of nitrogens with one attached hydrogen (secondary N) is 1. The summed E-state index contributed by atoms with van der Waals surface area (Å²) < 4.78 is 37.6. The van der Waals surface area contributed by atoms with Crippen LogP contribution in [0.1, 0.15) is 16.7 Å². The van der Waals surface area contributed by atoms with Gasteiger partial charge in [0, 0.05) is 5.56 Å². The van der Waals surface area contributed by atoms with Crippen LogP contribution >= 0.6 is 12.6 Å². The first-order valence-electron chi connectivity index (χ1n) is 6.29. The van der Waals surface area contributed by atoms with Crippen molar-refractivity contribution in [2.24, 2.45) is 0 Å². The van der Waals surface area contributed by atoms with Crippen molar-refractivity contribution in [3.05, 3.63) is 59.2 Å². The van der Waals surface area contributed by atoms with Gasteiger partial charge in [0.25, 0.3) is 0 Å². The maximum atomic E-state index is 12.5. The van der Waals surface area contributed by atoms with Gasteiger partial charge in [-0.15, -0.1) is 0 Å². The van der Waals surface area contributed by atoms with Crippen molar-refractivity contribution in [1.82, 2.24) is 0 Å². The molecule has 110 valence electrons. The second kappa shape index (κ2) is 5.93. The molecule has 0 aliphatic heterocycles. The van der Waals surface area contributed by atoms with Gasteiger partial charge in [0.15, 0.2) is 0 Å². The molecule has 2 aromatic carbocycles. The van der Waals surface area contributed by atoms with E-state index in [0.29, 0.717) is 6.42 Å².